The summed E-state index contributed by atoms with van der Waals surface area (Å²) in [5.41, 5.74) is 9.10. The maximum Gasteiger partial charge on any atom is 0.271 e. The number of amides is 1. The van der Waals surface area contributed by atoms with Crippen molar-refractivity contribution in [2.24, 2.45) is 5.73 Å². The van der Waals surface area contributed by atoms with Crippen LogP contribution < -0.4 is 5.73 Å². The second-order valence-electron chi connectivity index (χ2n) is 10.4. The van der Waals surface area contributed by atoms with Gasteiger partial charge in [-0.1, -0.05) is 42.5 Å². The number of non-ortho nitro benzene ring substituents is 1. The average molecular weight is 530 g/mol. The molecule has 3 aromatic carbocycles. The van der Waals surface area contributed by atoms with Gasteiger partial charge in [0, 0.05) is 63.9 Å². The number of likely N-dealkylation sites (tertiary alicyclic amines) is 1. The van der Waals surface area contributed by atoms with Gasteiger partial charge in [-0.3, -0.25) is 14.9 Å². The third-order valence-corrected chi connectivity index (χ3v) is 7.59. The molecule has 1 aromatic heterocycles. The average Bonchev–Trinajstić information content (AvgIpc) is 3.31. The summed E-state index contributed by atoms with van der Waals surface area (Å²) in [6.45, 7) is 2.49. The van der Waals surface area contributed by atoms with Crippen molar-refractivity contribution in [1.82, 2.24) is 14.5 Å². The SMILES string of the molecule is COCCCn1c(C2CCCN(C(=O)CC(N)Cc3ccc4ccccc4c3)C2)nc2ccc([N+](=O)[O-])cc21. The lowest BCUT2D eigenvalue weighted by atomic mass is 9.95. The number of aryl methyl sites for hydroxylation is 1. The number of carbonyl (C=O) groups is 1. The lowest BCUT2D eigenvalue weighted by Crippen LogP contribution is -2.42. The molecule has 0 saturated carbocycles. The van der Waals surface area contributed by atoms with Gasteiger partial charge in [0.1, 0.15) is 5.82 Å². The van der Waals surface area contributed by atoms with E-state index in [4.69, 9.17) is 15.5 Å². The molecule has 2 heterocycles. The molecule has 1 aliphatic heterocycles. The zero-order chi connectivity index (χ0) is 27.4. The maximum absolute atomic E-state index is 13.3. The molecule has 1 saturated heterocycles. The van der Waals surface area contributed by atoms with E-state index in [9.17, 15) is 14.9 Å². The van der Waals surface area contributed by atoms with E-state index in [-0.39, 0.29) is 34.9 Å². The molecule has 0 spiro atoms. The summed E-state index contributed by atoms with van der Waals surface area (Å²) in [5, 5.41) is 13.8. The number of piperidine rings is 1. The Bertz CT molecular complexity index is 1480. The van der Waals surface area contributed by atoms with Gasteiger partial charge in [0.05, 0.1) is 16.0 Å². The van der Waals surface area contributed by atoms with E-state index in [0.29, 0.717) is 32.7 Å². The van der Waals surface area contributed by atoms with Crippen molar-refractivity contribution in [3.8, 4) is 0 Å². The van der Waals surface area contributed by atoms with E-state index in [0.717, 1.165) is 41.7 Å². The number of methoxy groups -OCH3 is 1. The molecule has 204 valence electrons. The Morgan fingerprint density at radius 2 is 2.00 bits per heavy atom. The van der Waals surface area contributed by atoms with Gasteiger partial charge in [0.15, 0.2) is 0 Å². The van der Waals surface area contributed by atoms with E-state index in [1.807, 2.05) is 17.0 Å². The first-order chi connectivity index (χ1) is 18.9. The smallest absolute Gasteiger partial charge is 0.271 e. The van der Waals surface area contributed by atoms with Crippen LogP contribution in [-0.2, 0) is 22.5 Å². The minimum absolute atomic E-state index is 0.0443. The third kappa shape index (κ3) is 6.10. The lowest BCUT2D eigenvalue weighted by molar-refractivity contribution is -0.384. The summed E-state index contributed by atoms with van der Waals surface area (Å²) in [4.78, 5) is 31.1. The molecule has 9 heteroatoms. The Morgan fingerprint density at radius 3 is 2.79 bits per heavy atom. The molecule has 2 N–H and O–H groups in total. The first kappa shape index (κ1) is 26.8. The van der Waals surface area contributed by atoms with Gasteiger partial charge in [-0.05, 0) is 48.1 Å². The molecule has 0 radical (unpaired) electrons. The number of fused-ring (bicyclic) bond motifs is 2. The molecule has 1 aliphatic rings. The Kier molecular flexibility index (Phi) is 8.18. The number of ether oxygens (including phenoxy) is 1. The van der Waals surface area contributed by atoms with Gasteiger partial charge in [-0.2, -0.15) is 0 Å². The summed E-state index contributed by atoms with van der Waals surface area (Å²) in [5.74, 6) is 0.985. The maximum atomic E-state index is 13.3. The van der Waals surface area contributed by atoms with Crippen LogP contribution in [0.3, 0.4) is 0 Å². The van der Waals surface area contributed by atoms with Crippen LogP contribution in [0, 0.1) is 10.1 Å². The lowest BCUT2D eigenvalue weighted by Gasteiger charge is -2.33. The van der Waals surface area contributed by atoms with E-state index in [2.05, 4.69) is 34.9 Å². The number of aromatic nitrogens is 2. The van der Waals surface area contributed by atoms with Gasteiger partial charge in [0.2, 0.25) is 5.91 Å². The van der Waals surface area contributed by atoms with Crippen molar-refractivity contribution >= 4 is 33.4 Å². The fourth-order valence-electron chi connectivity index (χ4n) is 5.67. The third-order valence-electron chi connectivity index (χ3n) is 7.59. The summed E-state index contributed by atoms with van der Waals surface area (Å²) in [7, 11) is 1.66. The van der Waals surface area contributed by atoms with Crippen LogP contribution >= 0.6 is 0 Å². The number of hydrogen-bond acceptors (Lipinski definition) is 6. The van der Waals surface area contributed by atoms with E-state index < -0.39 is 0 Å². The highest BCUT2D eigenvalue weighted by Gasteiger charge is 2.29. The first-order valence-corrected chi connectivity index (χ1v) is 13.6. The number of carbonyl (C=O) groups excluding carboxylic acids is 1. The molecule has 0 bridgehead atoms. The van der Waals surface area contributed by atoms with E-state index in [1.165, 1.54) is 16.8 Å². The molecular weight excluding hydrogens is 494 g/mol. The predicted molar refractivity (Wildman–Crippen MR) is 152 cm³/mol. The second kappa shape index (κ2) is 11.9. The quantitative estimate of drug-likeness (QED) is 0.179. The number of rotatable bonds is 10. The number of nitro groups is 1. The Hall–Kier alpha value is -3.82. The van der Waals surface area contributed by atoms with E-state index >= 15 is 0 Å². The summed E-state index contributed by atoms with van der Waals surface area (Å²) >= 11 is 0. The van der Waals surface area contributed by atoms with Gasteiger partial charge >= 0.3 is 0 Å². The van der Waals surface area contributed by atoms with Gasteiger partial charge in [0.25, 0.3) is 5.69 Å². The van der Waals surface area contributed by atoms with Crippen LogP contribution in [0.2, 0.25) is 0 Å². The monoisotopic (exact) mass is 529 g/mol. The first-order valence-electron chi connectivity index (χ1n) is 13.6. The molecule has 5 rings (SSSR count). The number of imidazole rings is 1. The van der Waals surface area contributed by atoms with Gasteiger partial charge in [-0.25, -0.2) is 4.98 Å². The molecule has 2 atom stereocenters. The van der Waals surface area contributed by atoms with Crippen molar-refractivity contribution in [3.63, 3.8) is 0 Å². The molecule has 39 heavy (non-hydrogen) atoms. The Balaban J connectivity index is 1.29. The van der Waals surface area contributed by atoms with Crippen LogP contribution in [0.4, 0.5) is 5.69 Å². The summed E-state index contributed by atoms with van der Waals surface area (Å²) in [6.07, 6.45) is 3.47. The number of nitro benzene ring substituents is 1. The molecule has 9 nitrogen and oxygen atoms in total. The van der Waals surface area contributed by atoms with Crippen molar-refractivity contribution in [2.45, 2.75) is 50.6 Å². The van der Waals surface area contributed by atoms with Crippen LogP contribution in [0.1, 0.15) is 43.0 Å². The zero-order valence-corrected chi connectivity index (χ0v) is 22.3. The largest absolute Gasteiger partial charge is 0.385 e. The van der Waals surface area contributed by atoms with Crippen LogP contribution in [-0.4, -0.2) is 58.1 Å². The van der Waals surface area contributed by atoms with Crippen molar-refractivity contribution < 1.29 is 14.5 Å². The number of hydrogen-bond donors (Lipinski definition) is 1. The Labute approximate surface area is 227 Å². The minimum atomic E-state index is -0.381. The van der Waals surface area contributed by atoms with Crippen LogP contribution in [0.25, 0.3) is 21.8 Å². The molecule has 4 aromatic rings. The van der Waals surface area contributed by atoms with Crippen LogP contribution in [0.5, 0.6) is 0 Å². The molecule has 1 fully saturated rings. The van der Waals surface area contributed by atoms with Crippen LogP contribution in [0.15, 0.2) is 60.7 Å². The van der Waals surface area contributed by atoms with Gasteiger partial charge in [-0.15, -0.1) is 0 Å². The molecule has 2 unspecified atom stereocenters. The summed E-state index contributed by atoms with van der Waals surface area (Å²) < 4.78 is 7.32. The second-order valence-corrected chi connectivity index (χ2v) is 10.4. The highest BCUT2D eigenvalue weighted by molar-refractivity contribution is 5.83. The predicted octanol–water partition coefficient (Wildman–Crippen LogP) is 4.80. The van der Waals surface area contributed by atoms with Crippen molar-refractivity contribution in [3.05, 3.63) is 82.2 Å². The number of benzene rings is 3. The Morgan fingerprint density at radius 1 is 1.18 bits per heavy atom. The highest BCUT2D eigenvalue weighted by atomic mass is 16.6. The van der Waals surface area contributed by atoms with Gasteiger partial charge < -0.3 is 19.9 Å². The normalized spacial score (nSPS) is 16.6. The number of nitrogens with two attached hydrogens (primary N) is 1. The summed E-state index contributed by atoms with van der Waals surface area (Å²) in [6, 6.07) is 19.1. The molecule has 0 aliphatic carbocycles. The molecular formula is C30H35N5O4. The highest BCUT2D eigenvalue weighted by Crippen LogP contribution is 2.31. The standard InChI is InChI=1S/C30H35N5O4/c1-39-15-5-14-34-28-19-26(35(37)38)11-12-27(28)32-30(34)24-8-4-13-33(20-24)29(36)18-25(31)17-21-9-10-22-6-2-3-7-23(22)16-21/h2-3,6-7,9-12,16,19,24-25H,4-5,8,13-15,17-18,20,31H2,1H3. The minimum Gasteiger partial charge on any atom is -0.385 e. The fraction of sp³-hybridized carbons (Fsp3) is 0.400. The number of nitrogens with zero attached hydrogens (tertiary/aromatic N) is 4. The van der Waals surface area contributed by atoms with Crippen molar-refractivity contribution in [1.29, 1.82) is 0 Å². The fourth-order valence-corrected chi connectivity index (χ4v) is 5.67. The molecule has 1 amide bonds. The van der Waals surface area contributed by atoms with Crippen molar-refractivity contribution in [2.75, 3.05) is 26.8 Å². The van der Waals surface area contributed by atoms with E-state index in [1.54, 1.807) is 19.2 Å². The topological polar surface area (TPSA) is 117 Å². The zero-order valence-electron chi connectivity index (χ0n) is 22.3.